The van der Waals surface area contributed by atoms with Crippen LogP contribution in [-0.4, -0.2) is 80.0 Å². The largest absolute Gasteiger partial charge is 0.418 e. The van der Waals surface area contributed by atoms with Gasteiger partial charge in [-0.05, 0) is 61.8 Å². The van der Waals surface area contributed by atoms with E-state index in [9.17, 15) is 24.3 Å². The quantitative estimate of drug-likeness (QED) is 0.167. The Morgan fingerprint density at radius 3 is 2.38 bits per heavy atom. The molecule has 1 unspecified atom stereocenters. The Labute approximate surface area is 281 Å². The van der Waals surface area contributed by atoms with Crippen molar-refractivity contribution in [3.05, 3.63) is 66.3 Å². The highest BCUT2D eigenvalue weighted by Crippen LogP contribution is 2.26. The van der Waals surface area contributed by atoms with Crippen molar-refractivity contribution in [1.82, 2.24) is 36.0 Å². The first-order valence-electron chi connectivity index (χ1n) is 16.7. The van der Waals surface area contributed by atoms with E-state index < -0.39 is 24.2 Å². The smallest absolute Gasteiger partial charge is 0.269 e. The Balaban J connectivity index is 1.28. The third-order valence-corrected chi connectivity index (χ3v) is 8.43. The lowest BCUT2D eigenvalue weighted by atomic mass is 9.97. The van der Waals surface area contributed by atoms with Gasteiger partial charge in [0.05, 0.1) is 6.04 Å². The number of benzene rings is 1. The Morgan fingerprint density at radius 2 is 1.69 bits per heavy atom. The van der Waals surface area contributed by atoms with Crippen LogP contribution in [0, 0.1) is 11.8 Å². The number of nitrogens with one attached hydrogen (secondary N) is 3. The Kier molecular flexibility index (Phi) is 13.2. The molecule has 1 aliphatic heterocycles. The second-order valence-corrected chi connectivity index (χ2v) is 12.8. The molecule has 4 N–H and O–H groups in total. The number of carbonyl (C=O) groups is 4. The first kappa shape index (κ1) is 36.2. The number of pyridine rings is 1. The highest BCUT2D eigenvalue weighted by molar-refractivity contribution is 5.93. The number of likely N-dealkylation sites (tertiary alicyclic amines) is 1. The summed E-state index contributed by atoms with van der Waals surface area (Å²) in [6, 6.07) is 12.1. The van der Waals surface area contributed by atoms with Crippen LogP contribution in [0.25, 0.3) is 11.5 Å². The molecular formula is C35H47N7O6. The SMILES string of the molecule is CC(C)C(NC(=O)[C@H]1CCCN1C(=O)[C@@H](NC(=O)CCCCCNC(=O)c1ccccn1)C(C)C)[C@H](O)c1nnc(-c2ccccc2)o1. The summed E-state index contributed by atoms with van der Waals surface area (Å²) in [5.74, 6) is -1.31. The van der Waals surface area contributed by atoms with Crippen LogP contribution >= 0.6 is 0 Å². The summed E-state index contributed by atoms with van der Waals surface area (Å²) >= 11 is 0. The Morgan fingerprint density at radius 1 is 0.938 bits per heavy atom. The van der Waals surface area contributed by atoms with Gasteiger partial charge < -0.3 is 30.4 Å². The number of hydrogen-bond donors (Lipinski definition) is 4. The zero-order valence-corrected chi connectivity index (χ0v) is 28.1. The Bertz CT molecular complexity index is 1500. The molecule has 3 aromatic rings. The van der Waals surface area contributed by atoms with Crippen LogP contribution in [0.1, 0.15) is 88.7 Å². The zero-order chi connectivity index (χ0) is 34.6. The predicted octanol–water partition coefficient (Wildman–Crippen LogP) is 3.43. The summed E-state index contributed by atoms with van der Waals surface area (Å²) in [5, 5.41) is 27.9. The van der Waals surface area contributed by atoms with Gasteiger partial charge in [0.2, 0.25) is 29.5 Å². The van der Waals surface area contributed by atoms with E-state index in [-0.39, 0.29) is 53.7 Å². The van der Waals surface area contributed by atoms with E-state index in [1.165, 1.54) is 4.90 Å². The minimum absolute atomic E-state index is 0.0102. The molecule has 0 radical (unpaired) electrons. The van der Waals surface area contributed by atoms with Gasteiger partial charge in [0.1, 0.15) is 17.8 Å². The predicted molar refractivity (Wildman–Crippen MR) is 178 cm³/mol. The van der Waals surface area contributed by atoms with Crippen molar-refractivity contribution in [3.8, 4) is 11.5 Å². The lowest BCUT2D eigenvalue weighted by molar-refractivity contribution is -0.143. The van der Waals surface area contributed by atoms with E-state index in [1.54, 1.807) is 24.4 Å². The van der Waals surface area contributed by atoms with Crippen molar-refractivity contribution >= 4 is 23.6 Å². The molecule has 3 heterocycles. The van der Waals surface area contributed by atoms with Crippen LogP contribution in [0.2, 0.25) is 0 Å². The van der Waals surface area contributed by atoms with Crippen molar-refractivity contribution in [2.24, 2.45) is 11.8 Å². The van der Waals surface area contributed by atoms with Crippen molar-refractivity contribution in [2.75, 3.05) is 13.1 Å². The molecule has 1 saturated heterocycles. The molecule has 4 atom stereocenters. The van der Waals surface area contributed by atoms with Crippen LogP contribution in [0.4, 0.5) is 0 Å². The third-order valence-electron chi connectivity index (χ3n) is 8.43. The fraction of sp³-hybridized carbons (Fsp3) is 0.514. The number of hydrogen-bond acceptors (Lipinski definition) is 9. The molecule has 0 bridgehead atoms. The van der Waals surface area contributed by atoms with Gasteiger partial charge in [0, 0.05) is 31.3 Å². The molecule has 1 aliphatic rings. The maximum atomic E-state index is 13.7. The minimum atomic E-state index is -1.26. The van der Waals surface area contributed by atoms with E-state index in [1.807, 2.05) is 58.0 Å². The third kappa shape index (κ3) is 9.69. The maximum absolute atomic E-state index is 13.7. The molecule has 4 rings (SSSR count). The number of aliphatic hydroxyl groups is 1. The molecule has 0 saturated carbocycles. The van der Waals surface area contributed by atoms with Gasteiger partial charge in [-0.3, -0.25) is 24.2 Å². The highest BCUT2D eigenvalue weighted by Gasteiger charge is 2.40. The van der Waals surface area contributed by atoms with Crippen LogP contribution in [-0.2, 0) is 14.4 Å². The number of carbonyl (C=O) groups excluding carboxylic acids is 4. The second-order valence-electron chi connectivity index (χ2n) is 12.8. The zero-order valence-electron chi connectivity index (χ0n) is 28.1. The fourth-order valence-corrected chi connectivity index (χ4v) is 5.69. The van der Waals surface area contributed by atoms with Gasteiger partial charge in [-0.1, -0.05) is 58.4 Å². The number of amides is 4. The van der Waals surface area contributed by atoms with Gasteiger partial charge in [0.25, 0.3) is 5.91 Å². The van der Waals surface area contributed by atoms with E-state index in [0.29, 0.717) is 50.0 Å². The number of nitrogens with zero attached hydrogens (tertiary/aromatic N) is 4. The highest BCUT2D eigenvalue weighted by atomic mass is 16.4. The average Bonchev–Trinajstić information content (AvgIpc) is 3.79. The average molecular weight is 662 g/mol. The molecule has 13 heteroatoms. The summed E-state index contributed by atoms with van der Waals surface area (Å²) in [4.78, 5) is 57.9. The van der Waals surface area contributed by atoms with Crippen LogP contribution in [0.3, 0.4) is 0 Å². The number of aromatic nitrogens is 3. The van der Waals surface area contributed by atoms with E-state index >= 15 is 0 Å². The molecule has 48 heavy (non-hydrogen) atoms. The molecule has 0 aliphatic carbocycles. The van der Waals surface area contributed by atoms with Gasteiger partial charge in [-0.25, -0.2) is 0 Å². The first-order valence-corrected chi connectivity index (χ1v) is 16.7. The first-order chi connectivity index (χ1) is 23.1. The molecule has 0 spiro atoms. The Hall–Kier alpha value is -4.65. The fourth-order valence-electron chi connectivity index (χ4n) is 5.69. The molecule has 258 valence electrons. The van der Waals surface area contributed by atoms with Crippen molar-refractivity contribution in [2.45, 2.75) is 90.4 Å². The second kappa shape index (κ2) is 17.5. The maximum Gasteiger partial charge on any atom is 0.269 e. The van der Waals surface area contributed by atoms with Crippen LogP contribution in [0.5, 0.6) is 0 Å². The van der Waals surface area contributed by atoms with Crippen molar-refractivity contribution < 1.29 is 28.7 Å². The summed E-state index contributed by atoms with van der Waals surface area (Å²) in [7, 11) is 0. The standard InChI is InChI=1S/C35H47N7O6/c1-22(2)28(30(44)34-41-40-33(48-34)24-14-7-5-8-15-24)39-32(46)26-17-13-21-42(26)35(47)29(23(3)4)38-27(43)18-9-6-11-20-37-31(45)25-16-10-12-19-36-25/h5,7-8,10,12,14-16,19,22-23,26,28-30,44H,6,9,11,13,17-18,20-21H2,1-4H3,(H,37,45)(H,38,43)(H,39,46)/t26-,28?,29+,30+/m1/s1. The number of aliphatic hydroxyl groups excluding tert-OH is 1. The molecule has 13 nitrogen and oxygen atoms in total. The molecule has 1 aromatic carbocycles. The number of rotatable bonds is 16. The van der Waals surface area contributed by atoms with Crippen LogP contribution < -0.4 is 16.0 Å². The molecular weight excluding hydrogens is 614 g/mol. The summed E-state index contributed by atoms with van der Waals surface area (Å²) in [6.07, 6.45) is 3.68. The topological polar surface area (TPSA) is 180 Å². The minimum Gasteiger partial charge on any atom is -0.418 e. The monoisotopic (exact) mass is 661 g/mol. The van der Waals surface area contributed by atoms with Gasteiger partial charge in [-0.2, -0.15) is 0 Å². The summed E-state index contributed by atoms with van der Waals surface area (Å²) in [5.41, 5.74) is 1.07. The van der Waals surface area contributed by atoms with Gasteiger partial charge >= 0.3 is 0 Å². The van der Waals surface area contributed by atoms with E-state index in [2.05, 4.69) is 31.1 Å². The van der Waals surface area contributed by atoms with Gasteiger partial charge in [0.15, 0.2) is 6.10 Å². The van der Waals surface area contributed by atoms with Gasteiger partial charge in [-0.15, -0.1) is 10.2 Å². The lowest BCUT2D eigenvalue weighted by Crippen LogP contribution is -2.56. The summed E-state index contributed by atoms with van der Waals surface area (Å²) in [6.45, 7) is 8.31. The van der Waals surface area contributed by atoms with E-state index in [4.69, 9.17) is 4.42 Å². The van der Waals surface area contributed by atoms with Crippen LogP contribution in [0.15, 0.2) is 59.1 Å². The summed E-state index contributed by atoms with van der Waals surface area (Å²) < 4.78 is 5.75. The van der Waals surface area contributed by atoms with Crippen molar-refractivity contribution in [3.63, 3.8) is 0 Å². The molecule has 4 amide bonds. The normalized spacial score (nSPS) is 16.4. The molecule has 1 fully saturated rings. The lowest BCUT2D eigenvalue weighted by Gasteiger charge is -2.32. The number of unbranched alkanes of at least 4 members (excludes halogenated alkanes) is 2. The van der Waals surface area contributed by atoms with Crippen molar-refractivity contribution in [1.29, 1.82) is 0 Å². The molecule has 2 aromatic heterocycles. The van der Waals surface area contributed by atoms with E-state index in [0.717, 1.165) is 6.42 Å².